The van der Waals surface area contributed by atoms with Gasteiger partial charge in [0, 0.05) is 23.3 Å². The summed E-state index contributed by atoms with van der Waals surface area (Å²) in [5.74, 6) is 0. The Morgan fingerprint density at radius 2 is 0.929 bits per heavy atom. The minimum atomic E-state index is -5.34. The number of methoxy groups -OCH3 is 2. The number of phosphoric ester groups is 2. The minimum Gasteiger partial charge on any atom is -0.376 e. The van der Waals surface area contributed by atoms with E-state index in [9.17, 15) is 18.3 Å². The first-order valence-corrected chi connectivity index (χ1v) is 12.2. The number of hydrogen-bond acceptors (Lipinski definition) is 10. The van der Waals surface area contributed by atoms with Gasteiger partial charge in [-0.05, 0) is 0 Å². The molecule has 20 heteroatoms. The highest BCUT2D eigenvalue weighted by Crippen LogP contribution is 2.49. The lowest BCUT2D eigenvalue weighted by Crippen LogP contribution is -2.66. The van der Waals surface area contributed by atoms with Crippen LogP contribution in [0.15, 0.2) is 0 Å². The molecule has 28 heavy (non-hydrogen) atoms. The summed E-state index contributed by atoms with van der Waals surface area (Å²) in [5, 5.41) is 0. The van der Waals surface area contributed by atoms with E-state index in [4.69, 9.17) is 38.8 Å². The second-order valence-corrected chi connectivity index (χ2v) is 8.89. The Hall–Kier alpha value is 0.180. The van der Waals surface area contributed by atoms with E-state index in [0.29, 0.717) is 0 Å². The standard InChI is InChI=1S/C8H16O16P4/c1-19-3-5(21-25(9)10)6(22-26(11)12)4(20-2)8(24-28(16,17)18)7(3)23-27(13,14)15/h3-8H,1-2H3,(H4-2,9,10,11,12,13,14,15,16,17,18)/p+2/t3-,4+,5-,6-,7+,8+/m0/s1. The van der Waals surface area contributed by atoms with Gasteiger partial charge in [-0.2, -0.15) is 0 Å². The fourth-order valence-electron chi connectivity index (χ4n) is 2.66. The lowest BCUT2D eigenvalue weighted by molar-refractivity contribution is -0.217. The normalized spacial score (nSPS) is 32.9. The summed E-state index contributed by atoms with van der Waals surface area (Å²) in [6.07, 6.45) is -11.3. The molecule has 16 nitrogen and oxygen atoms in total. The third-order valence-corrected chi connectivity index (χ3v) is 5.31. The highest BCUT2D eigenvalue weighted by Gasteiger charge is 2.62. The average molecular weight is 494 g/mol. The van der Waals surface area contributed by atoms with Crippen molar-refractivity contribution in [3.8, 4) is 0 Å². The largest absolute Gasteiger partial charge is 0.695 e. The molecule has 0 saturated heterocycles. The van der Waals surface area contributed by atoms with E-state index in [2.05, 4.69) is 18.1 Å². The van der Waals surface area contributed by atoms with Crippen LogP contribution in [0.3, 0.4) is 0 Å². The Kier molecular flexibility index (Phi) is 9.80. The van der Waals surface area contributed by atoms with Crippen molar-refractivity contribution in [1.82, 2.24) is 0 Å². The molecule has 164 valence electrons. The first kappa shape index (κ1) is 26.2. The van der Waals surface area contributed by atoms with E-state index in [1.165, 1.54) is 0 Å². The molecule has 0 aromatic heterocycles. The second kappa shape index (κ2) is 10.5. The van der Waals surface area contributed by atoms with Gasteiger partial charge in [-0.3, -0.25) is 9.05 Å². The van der Waals surface area contributed by atoms with E-state index < -0.39 is 68.8 Å². The van der Waals surface area contributed by atoms with E-state index >= 15 is 0 Å². The van der Waals surface area contributed by atoms with Crippen molar-refractivity contribution < 1.29 is 75.2 Å². The topological polar surface area (TPSA) is 245 Å². The molecule has 0 aliphatic heterocycles. The number of rotatable bonds is 10. The fourth-order valence-corrected chi connectivity index (χ4v) is 4.67. The summed E-state index contributed by atoms with van der Waals surface area (Å²) in [6.45, 7) is 0. The molecule has 6 N–H and O–H groups in total. The molecule has 0 radical (unpaired) electrons. The molecule has 1 rings (SSSR count). The van der Waals surface area contributed by atoms with Crippen LogP contribution < -0.4 is 0 Å². The maximum Gasteiger partial charge on any atom is 0.695 e. The zero-order valence-electron chi connectivity index (χ0n) is 14.0. The Balaban J connectivity index is 3.54. The maximum absolute atomic E-state index is 11.3. The van der Waals surface area contributed by atoms with Crippen LogP contribution in [-0.4, -0.2) is 80.2 Å². The molecule has 0 bridgehead atoms. The van der Waals surface area contributed by atoms with Crippen molar-refractivity contribution in [1.29, 1.82) is 0 Å². The molecule has 0 spiro atoms. The van der Waals surface area contributed by atoms with Gasteiger partial charge in [-0.25, -0.2) is 9.13 Å². The number of ether oxygens (including phenoxy) is 2. The number of hydrogen-bond donors (Lipinski definition) is 6. The van der Waals surface area contributed by atoms with Gasteiger partial charge in [-0.15, -0.1) is 18.8 Å². The molecular weight excluding hydrogens is 476 g/mol. The van der Waals surface area contributed by atoms with Crippen molar-refractivity contribution in [2.24, 2.45) is 0 Å². The average Bonchev–Trinajstić information content (AvgIpc) is 2.48. The van der Waals surface area contributed by atoms with Gasteiger partial charge in [0.1, 0.15) is 24.4 Å². The molecule has 1 fully saturated rings. The number of phosphoric acid groups is 2. The van der Waals surface area contributed by atoms with Crippen molar-refractivity contribution in [2.75, 3.05) is 14.2 Å². The summed E-state index contributed by atoms with van der Waals surface area (Å²) >= 11 is 0. The van der Waals surface area contributed by atoms with E-state index in [1.807, 2.05) is 0 Å². The zero-order valence-corrected chi connectivity index (χ0v) is 17.6. The summed E-state index contributed by atoms with van der Waals surface area (Å²) in [6, 6.07) is 0. The smallest absolute Gasteiger partial charge is 0.376 e. The second-order valence-electron chi connectivity index (χ2n) is 5.14. The third kappa shape index (κ3) is 7.78. The maximum atomic E-state index is 11.3. The molecule has 8 atom stereocenters. The predicted molar refractivity (Wildman–Crippen MR) is 84.8 cm³/mol. The van der Waals surface area contributed by atoms with Crippen molar-refractivity contribution in [3.05, 3.63) is 0 Å². The summed E-state index contributed by atoms with van der Waals surface area (Å²) < 4.78 is 73.1. The molecule has 0 amide bonds. The van der Waals surface area contributed by atoms with Gasteiger partial charge in [0.05, 0.1) is 0 Å². The Bertz CT molecular complexity index is 601. The quantitative estimate of drug-likeness (QED) is 0.201. The molecule has 0 aromatic carbocycles. The van der Waals surface area contributed by atoms with Crippen LogP contribution in [0.1, 0.15) is 0 Å². The van der Waals surface area contributed by atoms with Crippen molar-refractivity contribution in [2.45, 2.75) is 36.6 Å². The van der Waals surface area contributed by atoms with Crippen LogP contribution in [0.2, 0.25) is 0 Å². The van der Waals surface area contributed by atoms with E-state index in [-0.39, 0.29) is 0 Å². The summed E-state index contributed by atoms with van der Waals surface area (Å²) in [4.78, 5) is 54.6. The van der Waals surface area contributed by atoms with Gasteiger partial charge < -0.3 is 29.0 Å². The SMILES string of the molecule is CO[C@@H]1[C@H](O[P+](=O)O)[C@@H](O[P+](=O)O)[C@H](OC)[C@@H](OP(=O)(O)O)[C@@H]1OP(=O)(O)O. The molecule has 1 saturated carbocycles. The third-order valence-electron chi connectivity index (χ3n) is 3.43. The highest BCUT2D eigenvalue weighted by molar-refractivity contribution is 7.46. The van der Waals surface area contributed by atoms with E-state index in [1.54, 1.807) is 0 Å². The van der Waals surface area contributed by atoms with Gasteiger partial charge in [0.2, 0.25) is 0 Å². The monoisotopic (exact) mass is 494 g/mol. The molecular formula is C8H18O16P4+2. The van der Waals surface area contributed by atoms with Gasteiger partial charge in [0.15, 0.2) is 12.2 Å². The highest BCUT2D eigenvalue weighted by atomic mass is 31.2. The van der Waals surface area contributed by atoms with Crippen LogP contribution in [-0.2, 0) is 45.8 Å². The molecule has 1 aliphatic rings. The van der Waals surface area contributed by atoms with E-state index in [0.717, 1.165) is 14.2 Å². The van der Waals surface area contributed by atoms with Crippen molar-refractivity contribution >= 4 is 32.2 Å². The van der Waals surface area contributed by atoms with Gasteiger partial charge in [0.25, 0.3) is 0 Å². The van der Waals surface area contributed by atoms with Crippen LogP contribution in [0, 0.1) is 0 Å². The fraction of sp³-hybridized carbons (Fsp3) is 1.00. The first-order valence-electron chi connectivity index (χ1n) is 6.89. The Morgan fingerprint density at radius 3 is 1.11 bits per heavy atom. The molecule has 2 unspecified atom stereocenters. The Morgan fingerprint density at radius 1 is 0.643 bits per heavy atom. The molecule has 1 aliphatic carbocycles. The zero-order chi connectivity index (χ0) is 21.9. The van der Waals surface area contributed by atoms with Gasteiger partial charge >= 0.3 is 32.2 Å². The predicted octanol–water partition coefficient (Wildman–Crippen LogP) is -0.944. The first-order chi connectivity index (χ1) is 12.7. The Labute approximate surface area is 159 Å². The van der Waals surface area contributed by atoms with Crippen LogP contribution in [0.25, 0.3) is 0 Å². The minimum absolute atomic E-state index is 0.930. The molecule has 0 aromatic rings. The lowest BCUT2D eigenvalue weighted by Gasteiger charge is -2.44. The summed E-state index contributed by atoms with van der Waals surface area (Å²) in [7, 11) is -15.6. The summed E-state index contributed by atoms with van der Waals surface area (Å²) in [5.41, 5.74) is 0. The molecule has 0 heterocycles. The van der Waals surface area contributed by atoms with Crippen LogP contribution >= 0.6 is 32.2 Å². The van der Waals surface area contributed by atoms with Gasteiger partial charge in [-0.1, -0.05) is 0 Å². The van der Waals surface area contributed by atoms with Crippen LogP contribution in [0.5, 0.6) is 0 Å². The lowest BCUT2D eigenvalue weighted by atomic mass is 9.84. The van der Waals surface area contributed by atoms with Crippen LogP contribution in [0.4, 0.5) is 0 Å². The van der Waals surface area contributed by atoms with Crippen molar-refractivity contribution in [3.63, 3.8) is 0 Å².